The zero-order valence-corrected chi connectivity index (χ0v) is 12.2. The Balaban J connectivity index is 2.21. The minimum Gasteiger partial charge on any atom is -0.371 e. The summed E-state index contributed by atoms with van der Waals surface area (Å²) < 4.78 is 43.4. The van der Waals surface area contributed by atoms with Gasteiger partial charge in [-0.2, -0.15) is 4.31 Å². The average molecular weight is 338 g/mol. The van der Waals surface area contributed by atoms with Crippen molar-refractivity contribution in [3.05, 3.63) is 34.1 Å². The second-order valence-electron chi connectivity index (χ2n) is 4.15. The second-order valence-corrected chi connectivity index (χ2v) is 6.99. The lowest BCUT2D eigenvalue weighted by molar-refractivity contribution is -0.00241. The molecule has 0 saturated carbocycles. The van der Waals surface area contributed by atoms with Gasteiger partial charge in [0.15, 0.2) is 0 Å². The largest absolute Gasteiger partial charge is 0.371 e. The van der Waals surface area contributed by atoms with E-state index in [1.807, 2.05) is 0 Å². The summed E-state index contributed by atoms with van der Waals surface area (Å²) in [6.07, 6.45) is 0.820. The molecule has 0 aromatic heterocycles. The summed E-state index contributed by atoms with van der Waals surface area (Å²) in [6.45, 7) is 0.960. The molecule has 1 fully saturated rings. The van der Waals surface area contributed by atoms with Gasteiger partial charge in [0.2, 0.25) is 10.0 Å². The van der Waals surface area contributed by atoms with Gasteiger partial charge in [0.1, 0.15) is 5.82 Å². The summed E-state index contributed by atoms with van der Waals surface area (Å²) in [5.41, 5.74) is 0.761. The highest BCUT2D eigenvalue weighted by molar-refractivity contribution is 9.10. The van der Waals surface area contributed by atoms with E-state index in [-0.39, 0.29) is 18.5 Å². The molecule has 1 aromatic carbocycles. The molecule has 1 aliphatic rings. The van der Waals surface area contributed by atoms with E-state index in [1.165, 1.54) is 16.6 Å². The molecular formula is C11H13BrFNO3S. The summed E-state index contributed by atoms with van der Waals surface area (Å²) in [7, 11) is -3.22. The van der Waals surface area contributed by atoms with Crippen LogP contribution < -0.4 is 0 Å². The molecule has 0 unspecified atom stereocenters. The van der Waals surface area contributed by atoms with Gasteiger partial charge >= 0.3 is 0 Å². The highest BCUT2D eigenvalue weighted by Crippen LogP contribution is 2.27. The predicted octanol–water partition coefficient (Wildman–Crippen LogP) is 1.92. The molecule has 1 aromatic rings. The Labute approximate surface area is 114 Å². The number of morpholine rings is 1. The van der Waals surface area contributed by atoms with Crippen LogP contribution in [0, 0.1) is 5.82 Å². The molecule has 7 heteroatoms. The van der Waals surface area contributed by atoms with Gasteiger partial charge in [-0.3, -0.25) is 0 Å². The maximum absolute atomic E-state index is 13.1. The van der Waals surface area contributed by atoms with Crippen LogP contribution in [0.15, 0.2) is 22.7 Å². The van der Waals surface area contributed by atoms with Gasteiger partial charge in [-0.1, -0.05) is 6.07 Å². The lowest BCUT2D eigenvalue weighted by Gasteiger charge is -2.31. The van der Waals surface area contributed by atoms with Crippen molar-refractivity contribution in [1.82, 2.24) is 4.31 Å². The summed E-state index contributed by atoms with van der Waals surface area (Å²) in [5.74, 6) is -0.352. The number of hydrogen-bond acceptors (Lipinski definition) is 3. The molecule has 0 radical (unpaired) electrons. The maximum atomic E-state index is 13.1. The van der Waals surface area contributed by atoms with Crippen LogP contribution in [0.2, 0.25) is 0 Å². The first-order valence-corrected chi connectivity index (χ1v) is 8.04. The molecule has 0 amide bonds. The highest BCUT2D eigenvalue weighted by atomic mass is 79.9. The average Bonchev–Trinajstić information content (AvgIpc) is 2.32. The standard InChI is InChI=1S/C11H13BrFNO3S/c1-18(15,16)14-4-5-17-11(7-14)8-2-3-10(13)9(12)6-8/h2-3,6,11H,4-5,7H2,1H3/t11-/m0/s1. The normalized spacial score (nSPS) is 22.1. The van der Waals surface area contributed by atoms with Crippen LogP contribution >= 0.6 is 15.9 Å². The monoisotopic (exact) mass is 337 g/mol. The van der Waals surface area contributed by atoms with Gasteiger partial charge in [-0.15, -0.1) is 0 Å². The van der Waals surface area contributed by atoms with Crippen LogP contribution in [0.1, 0.15) is 11.7 Å². The van der Waals surface area contributed by atoms with Gasteiger partial charge in [0, 0.05) is 13.1 Å². The SMILES string of the molecule is CS(=O)(=O)N1CCO[C@H](c2ccc(F)c(Br)c2)C1. The summed E-state index contributed by atoms with van der Waals surface area (Å²) in [6, 6.07) is 4.56. The lowest BCUT2D eigenvalue weighted by Crippen LogP contribution is -2.41. The number of hydrogen-bond donors (Lipinski definition) is 0. The van der Waals surface area contributed by atoms with E-state index >= 15 is 0 Å². The van der Waals surface area contributed by atoms with Gasteiger partial charge in [-0.05, 0) is 33.6 Å². The highest BCUT2D eigenvalue weighted by Gasteiger charge is 2.27. The van der Waals surface area contributed by atoms with Gasteiger partial charge in [0.25, 0.3) is 0 Å². The van der Waals surface area contributed by atoms with Crippen molar-refractivity contribution in [3.63, 3.8) is 0 Å². The van der Waals surface area contributed by atoms with E-state index in [9.17, 15) is 12.8 Å². The molecule has 18 heavy (non-hydrogen) atoms. The quantitative estimate of drug-likeness (QED) is 0.828. The summed E-state index contributed by atoms with van der Waals surface area (Å²) in [5, 5.41) is 0. The summed E-state index contributed by atoms with van der Waals surface area (Å²) in [4.78, 5) is 0. The Kier molecular flexibility index (Phi) is 4.05. The maximum Gasteiger partial charge on any atom is 0.211 e. The zero-order chi connectivity index (χ0) is 13.3. The molecule has 0 aliphatic carbocycles. The molecule has 1 heterocycles. The lowest BCUT2D eigenvalue weighted by atomic mass is 10.1. The van der Waals surface area contributed by atoms with Crippen LogP contribution in [0.4, 0.5) is 4.39 Å². The molecule has 0 spiro atoms. The number of ether oxygens (including phenoxy) is 1. The van der Waals surface area contributed by atoms with Crippen LogP contribution in [0.5, 0.6) is 0 Å². The fraction of sp³-hybridized carbons (Fsp3) is 0.455. The third kappa shape index (κ3) is 3.09. The molecular weight excluding hydrogens is 325 g/mol. The van der Waals surface area contributed by atoms with Crippen LogP contribution in [-0.4, -0.2) is 38.7 Å². The van der Waals surface area contributed by atoms with Crippen molar-refractivity contribution < 1.29 is 17.5 Å². The predicted molar refractivity (Wildman–Crippen MR) is 69.2 cm³/mol. The molecule has 0 bridgehead atoms. The molecule has 2 rings (SSSR count). The van der Waals surface area contributed by atoms with Crippen molar-refractivity contribution in [2.75, 3.05) is 26.0 Å². The van der Waals surface area contributed by atoms with E-state index < -0.39 is 10.0 Å². The minimum atomic E-state index is -3.22. The smallest absolute Gasteiger partial charge is 0.211 e. The Bertz CT molecular complexity index is 549. The third-order valence-electron chi connectivity index (χ3n) is 2.81. The van der Waals surface area contributed by atoms with Gasteiger partial charge in [0.05, 0.1) is 23.4 Å². The molecule has 4 nitrogen and oxygen atoms in total. The van der Waals surface area contributed by atoms with Crippen molar-refractivity contribution in [2.24, 2.45) is 0 Å². The van der Waals surface area contributed by atoms with E-state index in [4.69, 9.17) is 4.74 Å². The van der Waals surface area contributed by atoms with E-state index in [0.717, 1.165) is 5.56 Å². The molecule has 0 N–H and O–H groups in total. The number of benzene rings is 1. The van der Waals surface area contributed by atoms with Gasteiger partial charge in [-0.25, -0.2) is 12.8 Å². The molecule has 1 atom stereocenters. The van der Waals surface area contributed by atoms with E-state index in [1.54, 1.807) is 12.1 Å². The second kappa shape index (κ2) is 5.24. The zero-order valence-electron chi connectivity index (χ0n) is 9.77. The van der Waals surface area contributed by atoms with Crippen molar-refractivity contribution >= 4 is 26.0 Å². The first kappa shape index (κ1) is 13.9. The number of sulfonamides is 1. The molecule has 1 saturated heterocycles. The van der Waals surface area contributed by atoms with Crippen molar-refractivity contribution in [2.45, 2.75) is 6.10 Å². The fourth-order valence-corrected chi connectivity index (χ4v) is 3.05. The Morgan fingerprint density at radius 2 is 2.22 bits per heavy atom. The Morgan fingerprint density at radius 3 is 2.83 bits per heavy atom. The van der Waals surface area contributed by atoms with Crippen molar-refractivity contribution in [3.8, 4) is 0 Å². The third-order valence-corrected chi connectivity index (χ3v) is 4.69. The fourth-order valence-electron chi connectivity index (χ4n) is 1.84. The molecule has 100 valence electrons. The summed E-state index contributed by atoms with van der Waals surface area (Å²) >= 11 is 3.10. The number of nitrogens with zero attached hydrogens (tertiary/aromatic N) is 1. The van der Waals surface area contributed by atoms with Crippen molar-refractivity contribution in [1.29, 1.82) is 0 Å². The molecule has 1 aliphatic heterocycles. The van der Waals surface area contributed by atoms with Crippen LogP contribution in [-0.2, 0) is 14.8 Å². The minimum absolute atomic E-state index is 0.261. The van der Waals surface area contributed by atoms with E-state index in [0.29, 0.717) is 17.6 Å². The van der Waals surface area contributed by atoms with E-state index in [2.05, 4.69) is 15.9 Å². The Hall–Kier alpha value is -0.500. The first-order chi connectivity index (χ1) is 8.38. The van der Waals surface area contributed by atoms with Crippen LogP contribution in [0.25, 0.3) is 0 Å². The van der Waals surface area contributed by atoms with Gasteiger partial charge < -0.3 is 4.74 Å². The Morgan fingerprint density at radius 1 is 1.50 bits per heavy atom. The first-order valence-electron chi connectivity index (χ1n) is 5.39. The van der Waals surface area contributed by atoms with Crippen LogP contribution in [0.3, 0.4) is 0 Å². The number of rotatable bonds is 2. The number of halogens is 2. The topological polar surface area (TPSA) is 46.6 Å².